The van der Waals surface area contributed by atoms with E-state index in [0.29, 0.717) is 24.8 Å². The van der Waals surface area contributed by atoms with Crippen LogP contribution in [0.25, 0.3) is 16.2 Å². The first-order valence-electron chi connectivity index (χ1n) is 9.42. The number of aliphatic hydroxyl groups is 1. The Morgan fingerprint density at radius 3 is 2.86 bits per heavy atom. The second-order valence-electron chi connectivity index (χ2n) is 7.89. The van der Waals surface area contributed by atoms with E-state index < -0.39 is 11.6 Å². The van der Waals surface area contributed by atoms with Crippen LogP contribution in [0.15, 0.2) is 18.3 Å². The van der Waals surface area contributed by atoms with Crippen LogP contribution in [0.4, 0.5) is 5.13 Å². The first-order chi connectivity index (χ1) is 13.3. The van der Waals surface area contributed by atoms with Gasteiger partial charge in [-0.3, -0.25) is 0 Å². The van der Waals surface area contributed by atoms with Gasteiger partial charge >= 0.3 is 0 Å². The molecule has 4 heterocycles. The maximum absolute atomic E-state index is 10.3. The van der Waals surface area contributed by atoms with Crippen molar-refractivity contribution in [1.82, 2.24) is 19.6 Å². The van der Waals surface area contributed by atoms with Crippen molar-refractivity contribution < 1.29 is 9.84 Å². The van der Waals surface area contributed by atoms with E-state index in [2.05, 4.69) is 28.7 Å². The molecular formula is C19H26N6O2S. The molecule has 0 unspecified atom stereocenters. The Morgan fingerprint density at radius 1 is 1.39 bits per heavy atom. The smallest absolute Gasteiger partial charge is 0.222 e. The Kier molecular flexibility index (Phi) is 4.76. The largest absolute Gasteiger partial charge is 0.480 e. The highest BCUT2D eigenvalue weighted by Gasteiger charge is 2.36. The first-order valence-corrected chi connectivity index (χ1v) is 10.2. The van der Waals surface area contributed by atoms with Gasteiger partial charge in [-0.2, -0.15) is 0 Å². The number of nitrogens with zero attached hydrogens (tertiary/aromatic N) is 5. The SMILES string of the molecule is COc1nc(C(C)C)ccc1-c1cnc2sc(N3CC[C@@](C)(N)[C@H](O)C3)nn12. The molecule has 0 aliphatic carbocycles. The van der Waals surface area contributed by atoms with Crippen molar-refractivity contribution in [1.29, 1.82) is 0 Å². The number of hydrogen-bond donors (Lipinski definition) is 2. The normalized spacial score (nSPS) is 23.0. The van der Waals surface area contributed by atoms with Gasteiger partial charge in [-0.1, -0.05) is 25.2 Å². The molecule has 3 N–H and O–H groups in total. The highest BCUT2D eigenvalue weighted by atomic mass is 32.1. The Labute approximate surface area is 168 Å². The highest BCUT2D eigenvalue weighted by molar-refractivity contribution is 7.20. The summed E-state index contributed by atoms with van der Waals surface area (Å²) in [7, 11) is 1.62. The molecule has 0 spiro atoms. The third-order valence-corrected chi connectivity index (χ3v) is 6.35. The molecule has 3 aromatic heterocycles. The topological polar surface area (TPSA) is 102 Å². The molecule has 4 rings (SSSR count). The zero-order valence-electron chi connectivity index (χ0n) is 16.6. The molecule has 28 heavy (non-hydrogen) atoms. The maximum Gasteiger partial charge on any atom is 0.222 e. The lowest BCUT2D eigenvalue weighted by molar-refractivity contribution is 0.0794. The predicted octanol–water partition coefficient (Wildman–Crippen LogP) is 2.27. The third-order valence-electron chi connectivity index (χ3n) is 5.36. The summed E-state index contributed by atoms with van der Waals surface area (Å²) in [6, 6.07) is 4.02. The number of rotatable bonds is 4. The zero-order chi connectivity index (χ0) is 20.1. The lowest BCUT2D eigenvalue weighted by Gasteiger charge is -2.40. The molecule has 8 nitrogen and oxygen atoms in total. The van der Waals surface area contributed by atoms with E-state index in [0.717, 1.165) is 33.6 Å². The summed E-state index contributed by atoms with van der Waals surface area (Å²) in [6.07, 6.45) is 1.90. The molecule has 0 saturated carbocycles. The summed E-state index contributed by atoms with van der Waals surface area (Å²) >= 11 is 1.50. The maximum atomic E-state index is 10.3. The molecule has 0 amide bonds. The number of fused-ring (bicyclic) bond motifs is 1. The van der Waals surface area contributed by atoms with Gasteiger partial charge in [0, 0.05) is 24.3 Å². The number of piperidine rings is 1. The number of aliphatic hydroxyl groups excluding tert-OH is 1. The van der Waals surface area contributed by atoms with Gasteiger partial charge in [0.25, 0.3) is 0 Å². The van der Waals surface area contributed by atoms with Gasteiger partial charge in [0.05, 0.1) is 30.7 Å². The van der Waals surface area contributed by atoms with Gasteiger partial charge in [0.1, 0.15) is 0 Å². The Morgan fingerprint density at radius 2 is 2.18 bits per heavy atom. The van der Waals surface area contributed by atoms with Crippen LogP contribution in [0, 0.1) is 0 Å². The van der Waals surface area contributed by atoms with Crippen molar-refractivity contribution in [3.05, 3.63) is 24.0 Å². The van der Waals surface area contributed by atoms with Crippen molar-refractivity contribution in [3.63, 3.8) is 0 Å². The molecule has 2 atom stereocenters. The number of ether oxygens (including phenoxy) is 1. The van der Waals surface area contributed by atoms with Crippen LogP contribution in [0.1, 0.15) is 38.8 Å². The van der Waals surface area contributed by atoms with Gasteiger partial charge in [-0.05, 0) is 31.4 Å². The van der Waals surface area contributed by atoms with Gasteiger partial charge in [0.2, 0.25) is 16.0 Å². The zero-order valence-corrected chi connectivity index (χ0v) is 17.4. The van der Waals surface area contributed by atoms with E-state index in [1.807, 2.05) is 23.6 Å². The Bertz CT molecular complexity index is 996. The second-order valence-corrected chi connectivity index (χ2v) is 8.82. The fourth-order valence-corrected chi connectivity index (χ4v) is 4.26. The second kappa shape index (κ2) is 6.98. The number of β-amino-alcohol motifs (C(OH)–C–C–N with tert-alkyl or cyclic N) is 1. The van der Waals surface area contributed by atoms with Gasteiger partial charge < -0.3 is 20.5 Å². The predicted molar refractivity (Wildman–Crippen MR) is 110 cm³/mol. The molecule has 3 aromatic rings. The van der Waals surface area contributed by atoms with E-state index >= 15 is 0 Å². The average molecular weight is 403 g/mol. The molecule has 1 aliphatic heterocycles. The van der Waals surface area contributed by atoms with Crippen LogP contribution in [-0.4, -0.2) is 56.5 Å². The van der Waals surface area contributed by atoms with Crippen molar-refractivity contribution in [3.8, 4) is 17.1 Å². The molecular weight excluding hydrogens is 376 g/mol. The fourth-order valence-electron chi connectivity index (χ4n) is 3.35. The van der Waals surface area contributed by atoms with Crippen molar-refractivity contribution in [2.24, 2.45) is 5.73 Å². The Hall–Kier alpha value is -2.23. The van der Waals surface area contributed by atoms with Crippen LogP contribution in [0.5, 0.6) is 5.88 Å². The molecule has 1 fully saturated rings. The molecule has 0 radical (unpaired) electrons. The van der Waals surface area contributed by atoms with Crippen molar-refractivity contribution in [2.45, 2.75) is 44.8 Å². The molecule has 1 saturated heterocycles. The lowest BCUT2D eigenvalue weighted by Crippen LogP contribution is -2.59. The summed E-state index contributed by atoms with van der Waals surface area (Å²) in [6.45, 7) is 7.31. The van der Waals surface area contributed by atoms with Crippen LogP contribution < -0.4 is 15.4 Å². The highest BCUT2D eigenvalue weighted by Crippen LogP contribution is 2.34. The van der Waals surface area contributed by atoms with E-state index in [1.54, 1.807) is 13.3 Å². The van der Waals surface area contributed by atoms with Gasteiger partial charge in [-0.25, -0.2) is 14.5 Å². The fraction of sp³-hybridized carbons (Fsp3) is 0.526. The van der Waals surface area contributed by atoms with Crippen molar-refractivity contribution in [2.75, 3.05) is 25.1 Å². The molecule has 1 aliphatic rings. The van der Waals surface area contributed by atoms with Crippen LogP contribution in [-0.2, 0) is 0 Å². The van der Waals surface area contributed by atoms with Crippen LogP contribution in [0.2, 0.25) is 0 Å². The standard InChI is InChI=1S/C19H26N6O2S/c1-11(2)13-6-5-12(16(22-13)27-4)14-9-21-17-25(14)23-18(28-17)24-8-7-19(3,20)15(26)10-24/h5-6,9,11,15,26H,7-8,10,20H2,1-4H3/t15-,19-/m1/s1. The summed E-state index contributed by atoms with van der Waals surface area (Å²) in [4.78, 5) is 12.0. The number of imidazole rings is 1. The number of methoxy groups -OCH3 is 1. The monoisotopic (exact) mass is 402 g/mol. The quantitative estimate of drug-likeness (QED) is 0.690. The minimum absolute atomic E-state index is 0.318. The minimum Gasteiger partial charge on any atom is -0.480 e. The number of pyridine rings is 1. The third kappa shape index (κ3) is 3.23. The Balaban J connectivity index is 1.69. The van der Waals surface area contributed by atoms with E-state index in [-0.39, 0.29) is 0 Å². The van der Waals surface area contributed by atoms with E-state index in [9.17, 15) is 5.11 Å². The molecule has 0 bridgehead atoms. The molecule has 9 heteroatoms. The first kappa shape index (κ1) is 19.1. The van der Waals surface area contributed by atoms with E-state index in [4.69, 9.17) is 15.6 Å². The summed E-state index contributed by atoms with van der Waals surface area (Å²) < 4.78 is 7.35. The minimum atomic E-state index is -0.593. The van der Waals surface area contributed by atoms with Crippen LogP contribution >= 0.6 is 11.3 Å². The lowest BCUT2D eigenvalue weighted by atomic mass is 9.88. The van der Waals surface area contributed by atoms with Crippen LogP contribution in [0.3, 0.4) is 0 Å². The summed E-state index contributed by atoms with van der Waals surface area (Å²) in [5.41, 5.74) is 8.25. The summed E-state index contributed by atoms with van der Waals surface area (Å²) in [5, 5.41) is 15.9. The number of aromatic nitrogens is 4. The molecule has 150 valence electrons. The number of nitrogens with two attached hydrogens (primary N) is 1. The molecule has 0 aromatic carbocycles. The van der Waals surface area contributed by atoms with Crippen molar-refractivity contribution >= 4 is 21.4 Å². The van der Waals surface area contributed by atoms with Gasteiger partial charge in [-0.15, -0.1) is 5.10 Å². The average Bonchev–Trinajstić information content (AvgIpc) is 3.24. The van der Waals surface area contributed by atoms with E-state index in [1.165, 1.54) is 11.3 Å². The number of anilines is 1. The van der Waals surface area contributed by atoms with Gasteiger partial charge in [0.15, 0.2) is 0 Å². The number of hydrogen-bond acceptors (Lipinski definition) is 8. The summed E-state index contributed by atoms with van der Waals surface area (Å²) in [5.74, 6) is 0.882.